The molecule has 0 aliphatic carbocycles. The number of hydrogen-bond acceptors (Lipinski definition) is 2. The minimum absolute atomic E-state index is 0.0662. The summed E-state index contributed by atoms with van der Waals surface area (Å²) in [5, 5.41) is 8.60. The van der Waals surface area contributed by atoms with Gasteiger partial charge in [0.25, 0.3) is 5.91 Å². The van der Waals surface area contributed by atoms with E-state index in [4.69, 9.17) is 5.11 Å². The van der Waals surface area contributed by atoms with E-state index in [0.717, 1.165) is 12.1 Å². The number of halogens is 2. The first-order valence-corrected chi connectivity index (χ1v) is 4.37. The number of carbonyl (C=O) groups excluding carboxylic acids is 1. The standard InChI is InChI=1S/C10H11F2NO2/c1-13(2-3-14)10(15)7-4-8(11)6-9(12)5-7/h4-6,14H,2-3H2,1H3. The molecule has 0 aliphatic rings. The number of rotatable bonds is 3. The molecule has 0 heterocycles. The molecular formula is C10H11F2NO2. The minimum atomic E-state index is -0.796. The van der Waals surface area contributed by atoms with Crippen LogP contribution >= 0.6 is 0 Å². The second kappa shape index (κ2) is 4.84. The zero-order chi connectivity index (χ0) is 11.4. The van der Waals surface area contributed by atoms with Crippen LogP contribution in [-0.4, -0.2) is 36.1 Å². The molecule has 0 atom stereocenters. The lowest BCUT2D eigenvalue weighted by Gasteiger charge is -2.15. The van der Waals surface area contributed by atoms with Crippen molar-refractivity contribution in [3.63, 3.8) is 0 Å². The van der Waals surface area contributed by atoms with Crippen molar-refractivity contribution in [2.24, 2.45) is 0 Å². The summed E-state index contributed by atoms with van der Waals surface area (Å²) in [6, 6.07) is 2.61. The SMILES string of the molecule is CN(CCO)C(=O)c1cc(F)cc(F)c1. The quantitative estimate of drug-likeness (QED) is 0.818. The molecule has 0 aromatic heterocycles. The van der Waals surface area contributed by atoms with Gasteiger partial charge < -0.3 is 10.0 Å². The van der Waals surface area contributed by atoms with Gasteiger partial charge in [-0.15, -0.1) is 0 Å². The van der Waals surface area contributed by atoms with Crippen LogP contribution < -0.4 is 0 Å². The summed E-state index contributed by atoms with van der Waals surface area (Å²) in [7, 11) is 1.45. The van der Waals surface area contributed by atoms with Crippen LogP contribution in [0.25, 0.3) is 0 Å². The Morgan fingerprint density at radius 1 is 1.33 bits per heavy atom. The topological polar surface area (TPSA) is 40.5 Å². The normalized spacial score (nSPS) is 10.1. The fourth-order valence-electron chi connectivity index (χ4n) is 1.15. The number of nitrogens with zero attached hydrogens (tertiary/aromatic N) is 1. The van der Waals surface area contributed by atoms with Gasteiger partial charge in [-0.2, -0.15) is 0 Å². The molecule has 1 aromatic carbocycles. The molecule has 0 saturated carbocycles. The first-order chi connectivity index (χ1) is 7.04. The molecule has 0 saturated heterocycles. The van der Waals surface area contributed by atoms with Crippen LogP contribution in [0.1, 0.15) is 10.4 Å². The second-order valence-corrected chi connectivity index (χ2v) is 3.11. The summed E-state index contributed by atoms with van der Waals surface area (Å²) < 4.78 is 25.6. The highest BCUT2D eigenvalue weighted by atomic mass is 19.1. The second-order valence-electron chi connectivity index (χ2n) is 3.11. The Bertz CT molecular complexity index is 348. The number of aliphatic hydroxyl groups is 1. The van der Waals surface area contributed by atoms with E-state index in [1.807, 2.05) is 0 Å². The third kappa shape index (κ3) is 2.99. The first kappa shape index (κ1) is 11.6. The number of hydrogen-bond donors (Lipinski definition) is 1. The zero-order valence-electron chi connectivity index (χ0n) is 8.20. The van der Waals surface area contributed by atoms with Crippen LogP contribution in [0.3, 0.4) is 0 Å². The Hall–Kier alpha value is -1.49. The van der Waals surface area contributed by atoms with Crippen LogP contribution in [0.5, 0.6) is 0 Å². The van der Waals surface area contributed by atoms with Gasteiger partial charge in [0.15, 0.2) is 0 Å². The van der Waals surface area contributed by atoms with Crippen LogP contribution in [0, 0.1) is 11.6 Å². The molecule has 1 amide bonds. The molecule has 5 heteroatoms. The average molecular weight is 215 g/mol. The Morgan fingerprint density at radius 2 is 1.87 bits per heavy atom. The van der Waals surface area contributed by atoms with Gasteiger partial charge in [-0.25, -0.2) is 8.78 Å². The molecular weight excluding hydrogens is 204 g/mol. The Kier molecular flexibility index (Phi) is 3.74. The van der Waals surface area contributed by atoms with Crippen molar-refractivity contribution in [1.82, 2.24) is 4.90 Å². The highest BCUT2D eigenvalue weighted by Crippen LogP contribution is 2.09. The monoisotopic (exact) mass is 215 g/mol. The van der Waals surface area contributed by atoms with Crippen LogP contribution in [0.4, 0.5) is 8.78 Å². The third-order valence-corrected chi connectivity index (χ3v) is 1.89. The van der Waals surface area contributed by atoms with Crippen molar-refractivity contribution in [2.75, 3.05) is 20.2 Å². The van der Waals surface area contributed by atoms with Gasteiger partial charge in [0.2, 0.25) is 0 Å². The van der Waals surface area contributed by atoms with E-state index in [2.05, 4.69) is 0 Å². The van der Waals surface area contributed by atoms with Crippen LogP contribution in [0.2, 0.25) is 0 Å². The summed E-state index contributed by atoms with van der Waals surface area (Å²) in [6.45, 7) is -0.0724. The summed E-state index contributed by atoms with van der Waals surface area (Å²) in [4.78, 5) is 12.7. The van der Waals surface area contributed by atoms with E-state index in [1.165, 1.54) is 11.9 Å². The molecule has 82 valence electrons. The molecule has 3 nitrogen and oxygen atoms in total. The predicted octanol–water partition coefficient (Wildman–Crippen LogP) is 1.03. The lowest BCUT2D eigenvalue weighted by Crippen LogP contribution is -2.29. The van der Waals surface area contributed by atoms with E-state index >= 15 is 0 Å². The minimum Gasteiger partial charge on any atom is -0.395 e. The molecule has 15 heavy (non-hydrogen) atoms. The highest BCUT2D eigenvalue weighted by molar-refractivity contribution is 5.94. The molecule has 1 aromatic rings. The van der Waals surface area contributed by atoms with Gasteiger partial charge in [0.1, 0.15) is 11.6 Å². The maximum absolute atomic E-state index is 12.8. The average Bonchev–Trinajstić information content (AvgIpc) is 2.15. The van der Waals surface area contributed by atoms with E-state index in [-0.39, 0.29) is 18.7 Å². The van der Waals surface area contributed by atoms with Crippen molar-refractivity contribution in [2.45, 2.75) is 0 Å². The first-order valence-electron chi connectivity index (χ1n) is 4.37. The van der Waals surface area contributed by atoms with Gasteiger partial charge >= 0.3 is 0 Å². The molecule has 1 rings (SSSR count). The number of amides is 1. The van der Waals surface area contributed by atoms with Crippen molar-refractivity contribution in [1.29, 1.82) is 0 Å². The van der Waals surface area contributed by atoms with Crippen molar-refractivity contribution < 1.29 is 18.7 Å². The lowest BCUT2D eigenvalue weighted by atomic mass is 10.2. The highest BCUT2D eigenvalue weighted by Gasteiger charge is 2.13. The van der Waals surface area contributed by atoms with E-state index in [9.17, 15) is 13.6 Å². The summed E-state index contributed by atoms with van der Waals surface area (Å²) >= 11 is 0. The molecule has 0 radical (unpaired) electrons. The largest absolute Gasteiger partial charge is 0.395 e. The molecule has 0 unspecified atom stereocenters. The summed E-state index contributed by atoms with van der Waals surface area (Å²) in [5.74, 6) is -2.12. The van der Waals surface area contributed by atoms with Gasteiger partial charge in [0, 0.05) is 25.2 Å². The van der Waals surface area contributed by atoms with Gasteiger partial charge in [-0.1, -0.05) is 0 Å². The molecule has 0 spiro atoms. The fraction of sp³-hybridized carbons (Fsp3) is 0.300. The number of benzene rings is 1. The third-order valence-electron chi connectivity index (χ3n) is 1.89. The molecule has 0 fully saturated rings. The van der Waals surface area contributed by atoms with E-state index in [1.54, 1.807) is 0 Å². The predicted molar refractivity (Wildman–Crippen MR) is 50.4 cm³/mol. The maximum Gasteiger partial charge on any atom is 0.253 e. The molecule has 1 N–H and O–H groups in total. The Morgan fingerprint density at radius 3 is 2.33 bits per heavy atom. The van der Waals surface area contributed by atoms with Crippen molar-refractivity contribution in [3.8, 4) is 0 Å². The zero-order valence-corrected chi connectivity index (χ0v) is 8.20. The van der Waals surface area contributed by atoms with E-state index in [0.29, 0.717) is 6.07 Å². The number of aliphatic hydroxyl groups excluding tert-OH is 1. The number of carbonyl (C=O) groups is 1. The smallest absolute Gasteiger partial charge is 0.253 e. The van der Waals surface area contributed by atoms with Crippen LogP contribution in [0.15, 0.2) is 18.2 Å². The molecule has 0 aliphatic heterocycles. The summed E-state index contributed by atoms with van der Waals surface area (Å²) in [6.07, 6.45) is 0. The van der Waals surface area contributed by atoms with Crippen molar-refractivity contribution >= 4 is 5.91 Å². The van der Waals surface area contributed by atoms with E-state index < -0.39 is 17.5 Å². The van der Waals surface area contributed by atoms with Gasteiger partial charge in [0.05, 0.1) is 6.61 Å². The molecule has 0 bridgehead atoms. The Labute approximate surface area is 85.9 Å². The van der Waals surface area contributed by atoms with Gasteiger partial charge in [-0.05, 0) is 12.1 Å². The van der Waals surface area contributed by atoms with Crippen LogP contribution in [-0.2, 0) is 0 Å². The maximum atomic E-state index is 12.8. The Balaban J connectivity index is 2.90. The fourth-order valence-corrected chi connectivity index (χ4v) is 1.15. The van der Waals surface area contributed by atoms with Crippen molar-refractivity contribution in [3.05, 3.63) is 35.4 Å². The number of likely N-dealkylation sites (N-methyl/N-ethyl adjacent to an activating group) is 1. The summed E-state index contributed by atoms with van der Waals surface area (Å²) in [5.41, 5.74) is -0.0662. The lowest BCUT2D eigenvalue weighted by molar-refractivity contribution is 0.0766. The van der Waals surface area contributed by atoms with Gasteiger partial charge in [-0.3, -0.25) is 4.79 Å².